The van der Waals surface area contributed by atoms with E-state index in [1.54, 1.807) is 52.9 Å². The fourth-order valence-corrected chi connectivity index (χ4v) is 4.64. The maximum atomic E-state index is 13.7. The van der Waals surface area contributed by atoms with Gasteiger partial charge in [0.25, 0.3) is 0 Å². The molecule has 1 heterocycles. The van der Waals surface area contributed by atoms with Crippen LogP contribution in [0.2, 0.25) is 0 Å². The van der Waals surface area contributed by atoms with Gasteiger partial charge in [-0.05, 0) is 76.2 Å². The number of halogens is 8. The van der Waals surface area contributed by atoms with Crippen molar-refractivity contribution >= 4 is 34.3 Å². The van der Waals surface area contributed by atoms with Crippen LogP contribution >= 0.6 is 22.6 Å². The van der Waals surface area contributed by atoms with E-state index in [0.29, 0.717) is 11.8 Å². The molecule has 4 rings (SSSR count). The molecule has 1 atom stereocenters. The number of hydrogen-bond donors (Lipinski definition) is 2. The van der Waals surface area contributed by atoms with Crippen LogP contribution in [0.15, 0.2) is 91.1 Å². The zero-order valence-electron chi connectivity index (χ0n) is 20.2. The maximum Gasteiger partial charge on any atom is 0.417 e. The van der Waals surface area contributed by atoms with Crippen LogP contribution in [0, 0.1) is 9.39 Å². The predicted octanol–water partition coefficient (Wildman–Crippen LogP) is 8.17. The van der Waals surface area contributed by atoms with Crippen molar-refractivity contribution in [1.82, 2.24) is 10.3 Å². The molecule has 12 heteroatoms. The van der Waals surface area contributed by atoms with Gasteiger partial charge in [0.2, 0.25) is 0 Å². The second-order valence-electron chi connectivity index (χ2n) is 8.78. The van der Waals surface area contributed by atoms with Crippen LogP contribution in [0.4, 0.5) is 41.2 Å². The Morgan fingerprint density at radius 1 is 0.775 bits per heavy atom. The lowest BCUT2D eigenvalue weighted by Gasteiger charge is -2.36. The summed E-state index contributed by atoms with van der Waals surface area (Å²) in [6.45, 7) is 0. The number of nitrogens with zero attached hydrogens (tertiary/aromatic N) is 1. The van der Waals surface area contributed by atoms with Crippen molar-refractivity contribution < 1.29 is 35.5 Å². The number of amides is 2. The average molecular weight is 673 g/mol. The van der Waals surface area contributed by atoms with E-state index in [1.807, 2.05) is 0 Å². The standard InChI is InChI=1S/C28H19F7IN3O/c29-22-11-10-21(14-23(22)36)38-25(40)39-26(15-17-5-2-1-3-6-17,18-7-4-8-19(13-18)27(30,31)32)24-12-9-20(16-37-24)28(33,34)35/h1-14,16H,15H2,(H2,38,39,40). The molecule has 0 saturated heterocycles. The van der Waals surface area contributed by atoms with Gasteiger partial charge in [-0.3, -0.25) is 4.98 Å². The van der Waals surface area contributed by atoms with Gasteiger partial charge in [-0.2, -0.15) is 26.3 Å². The summed E-state index contributed by atoms with van der Waals surface area (Å²) >= 11 is 1.72. The molecular formula is C28H19F7IN3O. The third kappa shape index (κ3) is 6.72. The number of rotatable bonds is 6. The van der Waals surface area contributed by atoms with Crippen LogP contribution < -0.4 is 10.6 Å². The minimum Gasteiger partial charge on any atom is -0.322 e. The lowest BCUT2D eigenvalue weighted by molar-refractivity contribution is -0.138. The van der Waals surface area contributed by atoms with Crippen molar-refractivity contribution in [1.29, 1.82) is 0 Å². The fraction of sp³-hybridized carbons (Fsp3) is 0.143. The number of aromatic nitrogens is 1. The zero-order valence-corrected chi connectivity index (χ0v) is 22.4. The molecule has 0 saturated carbocycles. The minimum atomic E-state index is -4.74. The van der Waals surface area contributed by atoms with Crippen molar-refractivity contribution in [3.8, 4) is 0 Å². The van der Waals surface area contributed by atoms with Gasteiger partial charge in [0.15, 0.2) is 0 Å². The first-order chi connectivity index (χ1) is 18.8. The molecule has 2 amide bonds. The molecule has 40 heavy (non-hydrogen) atoms. The van der Waals surface area contributed by atoms with Crippen LogP contribution in [0.5, 0.6) is 0 Å². The van der Waals surface area contributed by atoms with Crippen molar-refractivity contribution in [3.05, 3.63) is 128 Å². The van der Waals surface area contributed by atoms with Gasteiger partial charge in [0.05, 0.1) is 20.4 Å². The number of carbonyl (C=O) groups excluding carboxylic acids is 1. The number of anilines is 1. The van der Waals surface area contributed by atoms with Crippen LogP contribution in [0.25, 0.3) is 0 Å². The molecule has 1 aromatic heterocycles. The number of alkyl halides is 6. The molecule has 4 aromatic rings. The molecule has 0 aliphatic carbocycles. The Morgan fingerprint density at radius 3 is 2.05 bits per heavy atom. The van der Waals surface area contributed by atoms with Gasteiger partial charge >= 0.3 is 18.4 Å². The van der Waals surface area contributed by atoms with Crippen LogP contribution in [-0.2, 0) is 24.3 Å². The van der Waals surface area contributed by atoms with E-state index in [4.69, 9.17) is 0 Å². The first-order valence-electron chi connectivity index (χ1n) is 11.6. The van der Waals surface area contributed by atoms with E-state index >= 15 is 0 Å². The summed E-state index contributed by atoms with van der Waals surface area (Å²) < 4.78 is 95.0. The zero-order chi connectivity index (χ0) is 29.1. The van der Waals surface area contributed by atoms with Crippen LogP contribution in [0.3, 0.4) is 0 Å². The number of carbonyl (C=O) groups is 1. The number of hydrogen-bond acceptors (Lipinski definition) is 2. The Labute approximate surface area is 237 Å². The molecule has 2 N–H and O–H groups in total. The van der Waals surface area contributed by atoms with Gasteiger partial charge in [-0.25, -0.2) is 9.18 Å². The molecule has 0 spiro atoms. The van der Waals surface area contributed by atoms with Gasteiger partial charge in [0.1, 0.15) is 11.4 Å². The Bertz CT molecular complexity index is 1490. The second-order valence-corrected chi connectivity index (χ2v) is 9.95. The highest BCUT2D eigenvalue weighted by Crippen LogP contribution is 2.38. The molecular weight excluding hydrogens is 654 g/mol. The van der Waals surface area contributed by atoms with Crippen molar-refractivity contribution in [2.45, 2.75) is 24.3 Å². The SMILES string of the molecule is O=C(Nc1ccc(F)c(I)c1)NC(Cc1ccccc1)(c1cccc(C(F)(F)F)c1)c1ccc(C(F)(F)F)cn1. The van der Waals surface area contributed by atoms with Gasteiger partial charge in [0, 0.05) is 18.3 Å². The molecule has 3 aromatic carbocycles. The number of benzene rings is 3. The summed E-state index contributed by atoms with van der Waals surface area (Å²) in [5, 5.41) is 5.19. The van der Waals surface area contributed by atoms with Crippen LogP contribution in [-0.4, -0.2) is 11.0 Å². The molecule has 0 fully saturated rings. The Kier molecular flexibility index (Phi) is 8.38. The third-order valence-corrected chi connectivity index (χ3v) is 6.85. The van der Waals surface area contributed by atoms with E-state index in [0.717, 1.165) is 36.4 Å². The predicted molar refractivity (Wildman–Crippen MR) is 143 cm³/mol. The molecule has 208 valence electrons. The van der Waals surface area contributed by atoms with E-state index in [2.05, 4.69) is 15.6 Å². The fourth-order valence-electron chi connectivity index (χ4n) is 4.13. The number of urea groups is 1. The topological polar surface area (TPSA) is 54.0 Å². The highest BCUT2D eigenvalue weighted by atomic mass is 127. The minimum absolute atomic E-state index is 0.0673. The number of nitrogens with one attached hydrogen (secondary N) is 2. The smallest absolute Gasteiger partial charge is 0.322 e. The van der Waals surface area contributed by atoms with Gasteiger partial charge in [-0.15, -0.1) is 0 Å². The highest BCUT2D eigenvalue weighted by Gasteiger charge is 2.41. The molecule has 0 aliphatic rings. The Morgan fingerprint density at radius 2 is 1.45 bits per heavy atom. The summed E-state index contributed by atoms with van der Waals surface area (Å²) in [7, 11) is 0. The normalized spacial score (nSPS) is 13.4. The Hall–Kier alpha value is -3.68. The van der Waals surface area contributed by atoms with E-state index < -0.39 is 40.9 Å². The van der Waals surface area contributed by atoms with Gasteiger partial charge in [-0.1, -0.05) is 42.5 Å². The Balaban J connectivity index is 1.89. The molecule has 4 nitrogen and oxygen atoms in total. The quantitative estimate of drug-likeness (QED) is 0.160. The molecule has 0 radical (unpaired) electrons. The summed E-state index contributed by atoms with van der Waals surface area (Å²) in [5.74, 6) is -0.525. The summed E-state index contributed by atoms with van der Waals surface area (Å²) in [6.07, 6.45) is -9.06. The lowest BCUT2D eigenvalue weighted by Crippen LogP contribution is -2.50. The average Bonchev–Trinajstić information content (AvgIpc) is 2.90. The second kappa shape index (κ2) is 11.4. The maximum absolute atomic E-state index is 13.7. The van der Waals surface area contributed by atoms with Crippen molar-refractivity contribution in [3.63, 3.8) is 0 Å². The largest absolute Gasteiger partial charge is 0.417 e. The van der Waals surface area contributed by atoms with Crippen LogP contribution in [0.1, 0.15) is 27.9 Å². The van der Waals surface area contributed by atoms with E-state index in [9.17, 15) is 35.5 Å². The third-order valence-electron chi connectivity index (χ3n) is 6.03. The monoisotopic (exact) mass is 673 g/mol. The summed E-state index contributed by atoms with van der Waals surface area (Å²) in [5.41, 5.74) is -3.41. The van der Waals surface area contributed by atoms with Crippen molar-refractivity contribution in [2.75, 3.05) is 5.32 Å². The lowest BCUT2D eigenvalue weighted by atomic mass is 9.79. The summed E-state index contributed by atoms with van der Waals surface area (Å²) in [6, 6.07) is 17.1. The molecule has 0 bridgehead atoms. The number of pyridine rings is 1. The molecule has 0 aliphatic heterocycles. The highest BCUT2D eigenvalue weighted by molar-refractivity contribution is 14.1. The summed E-state index contributed by atoms with van der Waals surface area (Å²) in [4.78, 5) is 17.3. The van der Waals surface area contributed by atoms with E-state index in [1.165, 1.54) is 18.2 Å². The van der Waals surface area contributed by atoms with E-state index in [-0.39, 0.29) is 26.9 Å². The van der Waals surface area contributed by atoms with Gasteiger partial charge < -0.3 is 10.6 Å². The first-order valence-corrected chi connectivity index (χ1v) is 12.7. The molecule has 1 unspecified atom stereocenters. The van der Waals surface area contributed by atoms with Crippen molar-refractivity contribution in [2.24, 2.45) is 0 Å². The first kappa shape index (κ1) is 29.3.